The normalized spacial score (nSPS) is 10.6. The highest BCUT2D eigenvalue weighted by molar-refractivity contribution is 5.90. The van der Waals surface area contributed by atoms with Crippen molar-refractivity contribution < 1.29 is 14.5 Å². The number of carbonyl (C=O) groups is 1. The van der Waals surface area contributed by atoms with Crippen LogP contribution in [0.25, 0.3) is 5.69 Å². The van der Waals surface area contributed by atoms with Crippen LogP contribution in [0.4, 0.5) is 11.5 Å². The van der Waals surface area contributed by atoms with Crippen molar-refractivity contribution in [2.75, 3.05) is 11.9 Å². The molecule has 0 aliphatic heterocycles. The van der Waals surface area contributed by atoms with Gasteiger partial charge in [0.15, 0.2) is 0 Å². The van der Waals surface area contributed by atoms with Crippen LogP contribution in [0.3, 0.4) is 0 Å². The summed E-state index contributed by atoms with van der Waals surface area (Å²) in [6.07, 6.45) is 0.835. The number of rotatable bonds is 8. The molecule has 1 N–H and O–H groups in total. The van der Waals surface area contributed by atoms with Gasteiger partial charge in [0, 0.05) is 24.6 Å². The molecule has 0 saturated carbocycles. The molecule has 0 radical (unpaired) electrons. The van der Waals surface area contributed by atoms with E-state index in [9.17, 15) is 14.9 Å². The van der Waals surface area contributed by atoms with Crippen molar-refractivity contribution in [3.05, 3.63) is 76.0 Å². The van der Waals surface area contributed by atoms with Crippen LogP contribution < -0.4 is 10.1 Å². The van der Waals surface area contributed by atoms with Crippen LogP contribution in [0.5, 0.6) is 5.75 Å². The van der Waals surface area contributed by atoms with E-state index in [0.717, 1.165) is 17.0 Å². The fraction of sp³-hybridized carbons (Fsp3) is 0.238. The third kappa shape index (κ3) is 4.98. The van der Waals surface area contributed by atoms with Gasteiger partial charge in [-0.15, -0.1) is 0 Å². The first kappa shape index (κ1) is 20.1. The molecule has 1 amide bonds. The molecule has 0 aliphatic rings. The molecular weight excluding hydrogens is 372 g/mol. The number of nitro groups is 1. The van der Waals surface area contributed by atoms with Gasteiger partial charge in [0.1, 0.15) is 11.6 Å². The summed E-state index contributed by atoms with van der Waals surface area (Å²) >= 11 is 0. The Hall–Kier alpha value is -3.68. The van der Waals surface area contributed by atoms with E-state index in [1.807, 2.05) is 38.1 Å². The van der Waals surface area contributed by atoms with Gasteiger partial charge in [0.05, 0.1) is 22.9 Å². The highest BCUT2D eigenvalue weighted by Gasteiger charge is 2.13. The highest BCUT2D eigenvalue weighted by atomic mass is 16.6. The maximum atomic E-state index is 12.5. The Morgan fingerprint density at radius 2 is 1.93 bits per heavy atom. The second-order valence-corrected chi connectivity index (χ2v) is 6.45. The Kier molecular flexibility index (Phi) is 6.23. The molecule has 0 aliphatic carbocycles. The topological polar surface area (TPSA) is 99.3 Å². The van der Waals surface area contributed by atoms with Crippen LogP contribution in [0.1, 0.15) is 24.6 Å². The van der Waals surface area contributed by atoms with Gasteiger partial charge in [-0.1, -0.05) is 18.2 Å². The predicted molar refractivity (Wildman–Crippen MR) is 110 cm³/mol. The molecule has 29 heavy (non-hydrogen) atoms. The monoisotopic (exact) mass is 394 g/mol. The van der Waals surface area contributed by atoms with Crippen LogP contribution in [-0.4, -0.2) is 27.2 Å². The number of para-hydroxylation sites is 1. The lowest BCUT2D eigenvalue weighted by molar-refractivity contribution is -0.384. The van der Waals surface area contributed by atoms with Gasteiger partial charge in [0.25, 0.3) is 5.69 Å². The Balaban J connectivity index is 1.71. The van der Waals surface area contributed by atoms with Crippen molar-refractivity contribution in [3.8, 4) is 11.4 Å². The lowest BCUT2D eigenvalue weighted by Crippen LogP contribution is -2.15. The number of benzene rings is 2. The molecule has 3 aromatic rings. The third-order valence-electron chi connectivity index (χ3n) is 4.30. The van der Waals surface area contributed by atoms with Gasteiger partial charge >= 0.3 is 0 Å². The molecular formula is C21H22N4O4. The number of carbonyl (C=O) groups excluding carboxylic acids is 1. The average Bonchev–Trinajstić information content (AvgIpc) is 3.07. The number of amides is 1. The van der Waals surface area contributed by atoms with E-state index in [-0.39, 0.29) is 18.0 Å². The van der Waals surface area contributed by atoms with E-state index < -0.39 is 4.92 Å². The zero-order valence-corrected chi connectivity index (χ0v) is 16.3. The number of anilines is 1. The van der Waals surface area contributed by atoms with Crippen LogP contribution >= 0.6 is 0 Å². The molecule has 3 rings (SSSR count). The Labute approximate surface area is 168 Å². The summed E-state index contributed by atoms with van der Waals surface area (Å²) < 4.78 is 7.16. The third-order valence-corrected chi connectivity index (χ3v) is 4.30. The molecule has 0 fully saturated rings. The van der Waals surface area contributed by atoms with Gasteiger partial charge in [0.2, 0.25) is 5.91 Å². The number of hydrogen-bond donors (Lipinski definition) is 1. The average molecular weight is 394 g/mol. The van der Waals surface area contributed by atoms with Crippen LogP contribution in [0.2, 0.25) is 0 Å². The minimum Gasteiger partial charge on any atom is -0.494 e. The number of nitrogens with one attached hydrogen (secondary N) is 1. The number of ether oxygens (including phenoxy) is 1. The van der Waals surface area contributed by atoms with Gasteiger partial charge < -0.3 is 10.1 Å². The second-order valence-electron chi connectivity index (χ2n) is 6.45. The maximum absolute atomic E-state index is 12.5. The number of aryl methyl sites for hydroxylation is 2. The summed E-state index contributed by atoms with van der Waals surface area (Å²) in [5.74, 6) is 1.15. The van der Waals surface area contributed by atoms with E-state index in [1.165, 1.54) is 12.1 Å². The van der Waals surface area contributed by atoms with Gasteiger partial charge in [-0.25, -0.2) is 4.68 Å². The van der Waals surface area contributed by atoms with Gasteiger partial charge in [-0.2, -0.15) is 5.10 Å². The second kappa shape index (κ2) is 9.01. The zero-order valence-electron chi connectivity index (χ0n) is 16.3. The molecule has 0 atom stereocenters. The van der Waals surface area contributed by atoms with E-state index in [1.54, 1.807) is 22.9 Å². The molecule has 8 heteroatoms. The van der Waals surface area contributed by atoms with E-state index in [4.69, 9.17) is 4.74 Å². The number of non-ortho nitro benzene ring substituents is 1. The summed E-state index contributed by atoms with van der Waals surface area (Å²) in [5.41, 5.74) is 2.32. The Morgan fingerprint density at radius 3 is 2.62 bits per heavy atom. The fourth-order valence-electron chi connectivity index (χ4n) is 2.96. The molecule has 150 valence electrons. The predicted octanol–water partition coefficient (Wildman–Crippen LogP) is 4.06. The molecule has 0 saturated heterocycles. The maximum Gasteiger partial charge on any atom is 0.269 e. The zero-order chi connectivity index (χ0) is 20.8. The van der Waals surface area contributed by atoms with Crippen LogP contribution in [-0.2, 0) is 11.2 Å². The lowest BCUT2D eigenvalue weighted by Gasteiger charge is -2.11. The van der Waals surface area contributed by atoms with Crippen LogP contribution in [0.15, 0.2) is 54.6 Å². The number of aromatic nitrogens is 2. The van der Waals surface area contributed by atoms with E-state index in [2.05, 4.69) is 10.4 Å². The summed E-state index contributed by atoms with van der Waals surface area (Å²) in [6.45, 7) is 4.30. The fourth-order valence-corrected chi connectivity index (χ4v) is 2.96. The van der Waals surface area contributed by atoms with Gasteiger partial charge in [-0.05, 0) is 44.0 Å². The van der Waals surface area contributed by atoms with Crippen molar-refractivity contribution in [1.82, 2.24) is 9.78 Å². The molecule has 8 nitrogen and oxygen atoms in total. The SMILES string of the molecule is CCOc1ccccc1CCC(=O)Nc1cc(C)nn1-c1ccc([N+](=O)[O-])cc1. The number of nitro benzene ring substituents is 1. The van der Waals surface area contributed by atoms with Crippen molar-refractivity contribution >= 4 is 17.4 Å². The smallest absolute Gasteiger partial charge is 0.269 e. The quantitative estimate of drug-likeness (QED) is 0.459. The van der Waals surface area contributed by atoms with Crippen molar-refractivity contribution in [1.29, 1.82) is 0 Å². The van der Waals surface area contributed by atoms with Crippen molar-refractivity contribution in [3.63, 3.8) is 0 Å². The number of nitrogens with zero attached hydrogens (tertiary/aromatic N) is 3. The first-order valence-electron chi connectivity index (χ1n) is 9.30. The molecule has 0 bridgehead atoms. The van der Waals surface area contributed by atoms with Crippen LogP contribution in [0, 0.1) is 17.0 Å². The largest absolute Gasteiger partial charge is 0.494 e. The summed E-state index contributed by atoms with van der Waals surface area (Å²) in [6, 6.07) is 15.4. The van der Waals surface area contributed by atoms with Crippen molar-refractivity contribution in [2.24, 2.45) is 0 Å². The molecule has 1 heterocycles. The first-order chi connectivity index (χ1) is 14.0. The molecule has 2 aromatic carbocycles. The molecule has 0 unspecified atom stereocenters. The first-order valence-corrected chi connectivity index (χ1v) is 9.30. The Bertz CT molecular complexity index is 1010. The summed E-state index contributed by atoms with van der Waals surface area (Å²) in [4.78, 5) is 22.9. The minimum absolute atomic E-state index is 0.00354. The number of hydrogen-bond acceptors (Lipinski definition) is 5. The Morgan fingerprint density at radius 1 is 1.21 bits per heavy atom. The van der Waals surface area contributed by atoms with E-state index >= 15 is 0 Å². The minimum atomic E-state index is -0.457. The lowest BCUT2D eigenvalue weighted by atomic mass is 10.1. The summed E-state index contributed by atoms with van der Waals surface area (Å²) in [5, 5.41) is 18.1. The molecule has 1 aromatic heterocycles. The van der Waals surface area contributed by atoms with E-state index in [0.29, 0.717) is 24.5 Å². The standard InChI is InChI=1S/C21H22N4O4/c1-3-29-19-7-5-4-6-16(19)8-13-21(26)22-20-14-15(2)23-24(20)17-9-11-18(12-10-17)25(27)28/h4-7,9-12,14H,3,8,13H2,1-2H3,(H,22,26). The highest BCUT2D eigenvalue weighted by Crippen LogP contribution is 2.22. The van der Waals surface area contributed by atoms with Gasteiger partial charge in [-0.3, -0.25) is 14.9 Å². The summed E-state index contributed by atoms with van der Waals surface area (Å²) in [7, 11) is 0. The van der Waals surface area contributed by atoms with Crippen molar-refractivity contribution in [2.45, 2.75) is 26.7 Å². The molecule has 0 spiro atoms.